The second kappa shape index (κ2) is 23.4. The molecule has 0 unspecified atom stereocenters. The van der Waals surface area contributed by atoms with Gasteiger partial charge >= 0.3 is 0 Å². The first-order valence-electron chi connectivity index (χ1n) is 38.4. The van der Waals surface area contributed by atoms with Gasteiger partial charge in [-0.3, -0.25) is 4.57 Å². The zero-order valence-corrected chi connectivity index (χ0v) is 58.5. The average molecular weight is 1340 g/mol. The number of rotatable bonds is 9. The lowest BCUT2D eigenvalue weighted by Gasteiger charge is -2.46. The lowest BCUT2D eigenvalue weighted by atomic mass is 9.33. The van der Waals surface area contributed by atoms with Crippen molar-refractivity contribution in [1.82, 2.24) is 14.1 Å². The number of nitrogens with zero attached hydrogens (tertiary/aromatic N) is 5. The predicted octanol–water partition coefficient (Wildman–Crippen LogP) is 24.2. The highest BCUT2D eigenvalue weighted by Gasteiger charge is 2.46. The maximum atomic E-state index is 9.32. The molecular formula is C97H72BN5O. The van der Waals surface area contributed by atoms with Gasteiger partial charge in [-0.1, -0.05) is 284 Å². The fourth-order valence-corrected chi connectivity index (χ4v) is 16.7. The summed E-state index contributed by atoms with van der Waals surface area (Å²) >= 11 is 0. The van der Waals surface area contributed by atoms with E-state index < -0.39 is 6.04 Å². The third-order valence-corrected chi connectivity index (χ3v) is 21.7. The molecule has 14 aromatic carbocycles. The van der Waals surface area contributed by atoms with Crippen molar-refractivity contribution in [1.29, 1.82) is 0 Å². The number of furan rings is 1. The van der Waals surface area contributed by atoms with Gasteiger partial charge in [0.25, 0.3) is 6.71 Å². The van der Waals surface area contributed by atoms with Crippen LogP contribution in [-0.4, -0.2) is 20.8 Å². The summed E-state index contributed by atoms with van der Waals surface area (Å²) in [5, 5.41) is 6.57. The number of benzene rings is 14. The summed E-state index contributed by atoms with van der Waals surface area (Å²) in [5.74, 6) is 0.763. The molecule has 0 spiro atoms. The first-order valence-corrected chi connectivity index (χ1v) is 35.9. The van der Waals surface area contributed by atoms with Gasteiger partial charge < -0.3 is 18.8 Å². The molecule has 0 saturated carbocycles. The van der Waals surface area contributed by atoms with Crippen LogP contribution in [0.4, 0.5) is 34.1 Å². The molecule has 0 atom stereocenters. The van der Waals surface area contributed by atoms with Gasteiger partial charge in [0, 0.05) is 77.8 Å². The van der Waals surface area contributed by atoms with Crippen LogP contribution in [0, 0.1) is 0 Å². The summed E-state index contributed by atoms with van der Waals surface area (Å²) < 4.78 is 56.4. The molecule has 20 rings (SSSR count). The minimum Gasteiger partial charge on any atom is -0.456 e. The normalized spacial score (nSPS) is 13.5. The smallest absolute Gasteiger partial charge is 0.252 e. The molecule has 4 aromatic heterocycles. The van der Waals surface area contributed by atoms with E-state index in [1.807, 2.05) is 42.5 Å². The van der Waals surface area contributed by atoms with Crippen molar-refractivity contribution in [2.45, 2.75) is 52.4 Å². The Hall–Kier alpha value is -12.7. The quantitative estimate of drug-likeness (QED) is 0.135. The van der Waals surface area contributed by atoms with E-state index in [2.05, 4.69) is 315 Å². The largest absolute Gasteiger partial charge is 0.456 e. The van der Waals surface area contributed by atoms with Gasteiger partial charge in [-0.2, -0.15) is 0 Å². The molecule has 0 saturated heterocycles. The molecule has 0 fully saturated rings. The maximum Gasteiger partial charge on any atom is 0.252 e. The van der Waals surface area contributed by atoms with Gasteiger partial charge in [-0.25, -0.2) is 4.98 Å². The number of para-hydroxylation sites is 5. The zero-order chi connectivity index (χ0) is 74.0. The molecule has 2 aliphatic rings. The van der Waals surface area contributed by atoms with Gasteiger partial charge in [-0.05, 0) is 151 Å². The lowest BCUT2D eigenvalue weighted by Crippen LogP contribution is -2.61. The molecule has 0 amide bonds. The van der Waals surface area contributed by atoms with Crippen molar-refractivity contribution in [3.8, 4) is 67.3 Å². The van der Waals surface area contributed by atoms with Crippen LogP contribution in [0.5, 0.6) is 0 Å². The summed E-state index contributed by atoms with van der Waals surface area (Å²) in [6, 6.07) is 106. The average Bonchev–Trinajstić information content (AvgIpc) is 1.26. The minimum absolute atomic E-state index is 0.145. The summed E-state index contributed by atoms with van der Waals surface area (Å²) in [6.07, 6.45) is 0. The molecule has 2 aliphatic heterocycles. The van der Waals surface area contributed by atoms with Gasteiger partial charge in [0.05, 0.1) is 51.7 Å². The van der Waals surface area contributed by atoms with Crippen LogP contribution in [0.15, 0.2) is 332 Å². The minimum atomic E-state index is -0.430. The molecule has 6 heterocycles. The first-order chi connectivity index (χ1) is 52.9. The van der Waals surface area contributed by atoms with Gasteiger partial charge in [-0.15, -0.1) is 0 Å². The van der Waals surface area contributed by atoms with Crippen LogP contribution >= 0.6 is 0 Å². The SMILES string of the molecule is [2H]c1c([2H])c([2H])c(-c2ccc(N3c4ccc(C(C)(C)C)cc4B4c5cc(-c6cc(-n7c8ccccc8c8ccccc87)cc(-n7c8ccccc8c8cc9oc%10ccccc%10c9cc87)n6)ccc5N(c5c(-c6ccccc6)cccc5-c5ccccc5)c5cc(C(C)(C)C)cc3c54)c(-c3ccccc3)c2)c([2H])c1[2H]. The van der Waals surface area contributed by atoms with E-state index in [1.54, 1.807) is 0 Å². The van der Waals surface area contributed by atoms with Crippen molar-refractivity contribution in [2.24, 2.45) is 0 Å². The topological polar surface area (TPSA) is 42.4 Å². The van der Waals surface area contributed by atoms with Crippen molar-refractivity contribution in [3.63, 3.8) is 0 Å². The van der Waals surface area contributed by atoms with Crippen molar-refractivity contribution in [3.05, 3.63) is 339 Å². The van der Waals surface area contributed by atoms with E-state index in [4.69, 9.17) is 13.5 Å². The molecule has 18 aromatic rings. The van der Waals surface area contributed by atoms with Crippen LogP contribution in [0.2, 0.25) is 0 Å². The summed E-state index contributed by atoms with van der Waals surface area (Å²) in [6.45, 7) is 13.4. The van der Waals surface area contributed by atoms with Crippen molar-refractivity contribution < 1.29 is 11.3 Å². The van der Waals surface area contributed by atoms with Gasteiger partial charge in [0.15, 0.2) is 0 Å². The lowest BCUT2D eigenvalue weighted by molar-refractivity contribution is 0.590. The Bertz CT molecular complexity index is 6710. The fourth-order valence-electron chi connectivity index (χ4n) is 16.7. The Balaban J connectivity index is 0.914. The third-order valence-electron chi connectivity index (χ3n) is 21.7. The van der Waals surface area contributed by atoms with Crippen molar-refractivity contribution in [2.75, 3.05) is 9.80 Å². The molecule has 0 N–H and O–H groups in total. The van der Waals surface area contributed by atoms with Crippen LogP contribution in [0.3, 0.4) is 0 Å². The second-order valence-electron chi connectivity index (χ2n) is 29.9. The highest BCUT2D eigenvalue weighted by molar-refractivity contribution is 7.00. The van der Waals surface area contributed by atoms with E-state index in [-0.39, 0.29) is 47.3 Å². The van der Waals surface area contributed by atoms with Crippen LogP contribution in [-0.2, 0) is 10.8 Å². The molecule has 0 radical (unpaired) electrons. The third kappa shape index (κ3) is 9.67. The zero-order valence-electron chi connectivity index (χ0n) is 63.5. The van der Waals surface area contributed by atoms with Crippen LogP contribution in [0.1, 0.15) is 59.5 Å². The molecule has 6 nitrogen and oxygen atoms in total. The highest BCUT2D eigenvalue weighted by atomic mass is 16.3. The molecule has 494 valence electrons. The molecule has 104 heavy (non-hydrogen) atoms. The Morgan fingerprint density at radius 1 is 0.337 bits per heavy atom. The second-order valence-corrected chi connectivity index (χ2v) is 29.9. The monoisotopic (exact) mass is 1340 g/mol. The number of aromatic nitrogens is 3. The van der Waals surface area contributed by atoms with Gasteiger partial charge in [0.1, 0.15) is 17.0 Å². The molecule has 0 aliphatic carbocycles. The maximum absolute atomic E-state index is 9.32. The molecule has 0 bridgehead atoms. The van der Waals surface area contributed by atoms with E-state index >= 15 is 0 Å². The van der Waals surface area contributed by atoms with Crippen LogP contribution < -0.4 is 26.2 Å². The Morgan fingerprint density at radius 2 is 0.865 bits per heavy atom. The number of pyridine rings is 1. The predicted molar refractivity (Wildman–Crippen MR) is 439 cm³/mol. The van der Waals surface area contributed by atoms with E-state index in [1.165, 1.54) is 5.56 Å². The number of anilines is 6. The van der Waals surface area contributed by atoms with Crippen LogP contribution in [0.25, 0.3) is 133 Å². The highest BCUT2D eigenvalue weighted by Crippen LogP contribution is 2.53. The Morgan fingerprint density at radius 3 is 1.51 bits per heavy atom. The van der Waals surface area contributed by atoms with E-state index in [0.29, 0.717) is 5.56 Å². The number of hydrogen-bond acceptors (Lipinski definition) is 4. The number of hydrogen-bond donors (Lipinski definition) is 0. The number of fused-ring (bicyclic) bond motifs is 13. The first kappa shape index (κ1) is 56.0. The fraction of sp³-hybridized carbons (Fsp3) is 0.0825. The van der Waals surface area contributed by atoms with Gasteiger partial charge in [0.2, 0.25) is 0 Å². The summed E-state index contributed by atoms with van der Waals surface area (Å²) in [4.78, 5) is 11.1. The summed E-state index contributed by atoms with van der Waals surface area (Å²) in [5.41, 5.74) is 26.2. The van der Waals surface area contributed by atoms with Crippen molar-refractivity contribution >= 4 is 123 Å². The standard InChI is InChI=1S/C97H72BN5O/c1-96(2,3)67-48-51-86-80(54-67)98-79-53-66(81-57-69(100-82-42-23-19-36-72(82)73-37-20-24-43-83(73)100)58-93(99-81)102-84-44-25-21-38-74(84)77-60-92-78(59-88(77)102)75-39-22-26-45-91(75)104-92)47-50-87(79)103(95-70(62-30-13-8-14-31-62)40-27-41-71(95)63-32-15-9-16-33-63)90-56-68(97(4,5)6)55-89(94(90)98)101(86)85-49-46-65(61-28-11-7-12-29-61)52-76(85)64-34-17-10-18-35-64/h7-60H,1-6H3/i7D,11D,12D,28D,29D. The summed E-state index contributed by atoms with van der Waals surface area (Å²) in [7, 11) is 0. The molecular weight excluding hydrogens is 1260 g/mol. The van der Waals surface area contributed by atoms with E-state index in [0.717, 1.165) is 178 Å². The Kier molecular flexibility index (Phi) is 12.6. The van der Waals surface area contributed by atoms with E-state index in [9.17, 15) is 2.74 Å². The Labute approximate surface area is 612 Å². The molecule has 7 heteroatoms.